The number of nitrogens with one attached hydrogen (secondary N) is 1. The van der Waals surface area contributed by atoms with Gasteiger partial charge in [-0.3, -0.25) is 0 Å². The van der Waals surface area contributed by atoms with Gasteiger partial charge in [0, 0.05) is 11.6 Å². The predicted molar refractivity (Wildman–Crippen MR) is 125 cm³/mol. The van der Waals surface area contributed by atoms with Crippen LogP contribution in [0.3, 0.4) is 0 Å². The first-order chi connectivity index (χ1) is 15.1. The number of hydrogen-bond acceptors (Lipinski definition) is 5. The number of hydrogen-bond donors (Lipinski definition) is 1. The van der Waals surface area contributed by atoms with Gasteiger partial charge in [-0.25, -0.2) is 9.37 Å². The summed E-state index contributed by atoms with van der Waals surface area (Å²) in [7, 11) is 0. The number of fused-ring (bicyclic) bond motifs is 1. The van der Waals surface area contributed by atoms with Gasteiger partial charge in [-0.15, -0.1) is 0 Å². The summed E-state index contributed by atoms with van der Waals surface area (Å²) in [6.07, 6.45) is 2.01. The molecular formula is C23H27Cl2FN4O2. The Morgan fingerprint density at radius 1 is 1.31 bits per heavy atom. The standard InChI is InChI=1S/C23H27Cl2FN4O2/c1-6-14-11-31-22(32-14)16-10-27-30-20(16)29-19(25)18(15-8-7-13(26)9-17(15)24)21(30)28-12(2)23(3,4)5/h7-10,12,14,22,28H,6,11H2,1-5H3. The van der Waals surface area contributed by atoms with Gasteiger partial charge >= 0.3 is 0 Å². The molecule has 1 aliphatic heterocycles. The van der Waals surface area contributed by atoms with Crippen LogP contribution in [0.25, 0.3) is 16.8 Å². The summed E-state index contributed by atoms with van der Waals surface area (Å²) in [6.45, 7) is 11.0. The summed E-state index contributed by atoms with van der Waals surface area (Å²) in [5, 5.41) is 8.58. The normalized spacial score (nSPS) is 20.1. The van der Waals surface area contributed by atoms with Crippen LogP contribution in [0.15, 0.2) is 24.4 Å². The lowest BCUT2D eigenvalue weighted by Gasteiger charge is -2.30. The lowest BCUT2D eigenvalue weighted by molar-refractivity contribution is -0.0595. The fourth-order valence-electron chi connectivity index (χ4n) is 3.46. The summed E-state index contributed by atoms with van der Waals surface area (Å²) in [6, 6.07) is 4.24. The predicted octanol–water partition coefficient (Wildman–Crippen LogP) is 6.51. The third kappa shape index (κ3) is 4.31. The molecule has 1 aliphatic rings. The zero-order chi connectivity index (χ0) is 23.2. The van der Waals surface area contributed by atoms with Crippen molar-refractivity contribution in [3.63, 3.8) is 0 Å². The Morgan fingerprint density at radius 3 is 2.69 bits per heavy atom. The molecule has 1 aromatic carbocycles. The highest BCUT2D eigenvalue weighted by atomic mass is 35.5. The van der Waals surface area contributed by atoms with Gasteiger partial charge in [0.05, 0.1) is 35.1 Å². The van der Waals surface area contributed by atoms with Crippen LogP contribution in [-0.2, 0) is 9.47 Å². The second-order valence-corrected chi connectivity index (χ2v) is 9.91. The van der Waals surface area contributed by atoms with E-state index in [-0.39, 0.29) is 27.7 Å². The number of benzene rings is 1. The van der Waals surface area contributed by atoms with E-state index in [9.17, 15) is 4.39 Å². The Kier molecular flexibility index (Phi) is 6.38. The van der Waals surface area contributed by atoms with E-state index in [0.717, 1.165) is 6.42 Å². The van der Waals surface area contributed by atoms with Crippen molar-refractivity contribution in [2.45, 2.75) is 59.5 Å². The summed E-state index contributed by atoms with van der Waals surface area (Å²) in [5.74, 6) is 0.191. The highest BCUT2D eigenvalue weighted by molar-refractivity contribution is 6.36. The Labute approximate surface area is 197 Å². The molecule has 0 saturated carbocycles. The van der Waals surface area contributed by atoms with Crippen molar-refractivity contribution in [1.82, 2.24) is 14.6 Å². The molecule has 3 unspecified atom stereocenters. The fraction of sp³-hybridized carbons (Fsp3) is 0.478. The van der Waals surface area contributed by atoms with Crippen LogP contribution < -0.4 is 5.32 Å². The average molecular weight is 481 g/mol. The number of rotatable bonds is 5. The number of halogens is 3. The average Bonchev–Trinajstić information content (AvgIpc) is 3.34. The first-order valence-electron chi connectivity index (χ1n) is 10.7. The van der Waals surface area contributed by atoms with Gasteiger partial charge in [-0.1, -0.05) is 50.9 Å². The molecule has 1 saturated heterocycles. The van der Waals surface area contributed by atoms with Crippen molar-refractivity contribution in [2.24, 2.45) is 5.41 Å². The molecule has 3 atom stereocenters. The molecule has 0 radical (unpaired) electrons. The molecule has 0 aliphatic carbocycles. The van der Waals surface area contributed by atoms with Crippen molar-refractivity contribution >= 4 is 34.7 Å². The van der Waals surface area contributed by atoms with E-state index < -0.39 is 12.1 Å². The molecule has 0 spiro atoms. The van der Waals surface area contributed by atoms with E-state index in [4.69, 9.17) is 32.7 Å². The summed E-state index contributed by atoms with van der Waals surface area (Å²) in [4.78, 5) is 4.61. The molecule has 6 nitrogen and oxygen atoms in total. The van der Waals surface area contributed by atoms with Crippen molar-refractivity contribution in [2.75, 3.05) is 11.9 Å². The van der Waals surface area contributed by atoms with E-state index in [1.54, 1.807) is 16.8 Å². The summed E-state index contributed by atoms with van der Waals surface area (Å²) < 4.78 is 27.2. The number of anilines is 1. The molecule has 172 valence electrons. The quantitative estimate of drug-likeness (QED) is 0.421. The fourth-order valence-corrected chi connectivity index (χ4v) is 3.99. The Bertz CT molecular complexity index is 1150. The van der Waals surface area contributed by atoms with Crippen molar-refractivity contribution in [3.05, 3.63) is 46.0 Å². The second-order valence-electron chi connectivity index (χ2n) is 9.15. The third-order valence-corrected chi connectivity index (χ3v) is 6.53. The van der Waals surface area contributed by atoms with Crippen LogP contribution >= 0.6 is 23.2 Å². The summed E-state index contributed by atoms with van der Waals surface area (Å²) in [5.41, 5.74) is 2.28. The van der Waals surface area contributed by atoms with Gasteiger partial charge in [-0.05, 0) is 37.0 Å². The van der Waals surface area contributed by atoms with E-state index in [1.807, 2.05) is 0 Å². The Morgan fingerprint density at radius 2 is 2.06 bits per heavy atom. The lowest BCUT2D eigenvalue weighted by Crippen LogP contribution is -2.32. The van der Waals surface area contributed by atoms with Crippen molar-refractivity contribution < 1.29 is 13.9 Å². The zero-order valence-corrected chi connectivity index (χ0v) is 20.3. The van der Waals surface area contributed by atoms with Crippen LogP contribution in [0.5, 0.6) is 0 Å². The van der Waals surface area contributed by atoms with Gasteiger partial charge in [-0.2, -0.15) is 9.61 Å². The zero-order valence-electron chi connectivity index (χ0n) is 18.7. The van der Waals surface area contributed by atoms with E-state index in [2.05, 4.69) is 50.0 Å². The van der Waals surface area contributed by atoms with Crippen molar-refractivity contribution in [3.8, 4) is 11.1 Å². The lowest BCUT2D eigenvalue weighted by atomic mass is 9.88. The molecule has 0 amide bonds. The van der Waals surface area contributed by atoms with Crippen LogP contribution in [-0.4, -0.2) is 33.4 Å². The first-order valence-corrected chi connectivity index (χ1v) is 11.4. The topological polar surface area (TPSA) is 60.7 Å². The minimum absolute atomic E-state index is 0.0289. The SMILES string of the molecule is CCC1COC(c2cnn3c(NC(C)C(C)(C)C)c(-c4ccc(F)cc4Cl)c(Cl)nc23)O1. The van der Waals surface area contributed by atoms with Gasteiger partial charge < -0.3 is 14.8 Å². The molecule has 9 heteroatoms. The minimum atomic E-state index is -0.561. The Hall–Kier alpha value is -1.93. The maximum absolute atomic E-state index is 13.7. The molecular weight excluding hydrogens is 454 g/mol. The summed E-state index contributed by atoms with van der Waals surface area (Å²) >= 11 is 13.1. The second kappa shape index (κ2) is 8.78. The van der Waals surface area contributed by atoms with E-state index in [1.165, 1.54) is 12.1 Å². The molecule has 3 heterocycles. The molecule has 1 N–H and O–H groups in total. The number of nitrogens with zero attached hydrogens (tertiary/aromatic N) is 3. The van der Waals surface area contributed by atoms with Gasteiger partial charge in [0.1, 0.15) is 16.8 Å². The van der Waals surface area contributed by atoms with Crippen LogP contribution in [0.1, 0.15) is 52.9 Å². The van der Waals surface area contributed by atoms with Gasteiger partial charge in [0.15, 0.2) is 11.9 Å². The maximum Gasteiger partial charge on any atom is 0.189 e. The molecule has 32 heavy (non-hydrogen) atoms. The molecule has 3 aromatic rings. The number of ether oxygens (including phenoxy) is 2. The Balaban J connectivity index is 1.91. The third-order valence-electron chi connectivity index (χ3n) is 5.94. The van der Waals surface area contributed by atoms with Crippen LogP contribution in [0.2, 0.25) is 10.2 Å². The van der Waals surface area contributed by atoms with Crippen LogP contribution in [0.4, 0.5) is 10.2 Å². The highest BCUT2D eigenvalue weighted by Gasteiger charge is 2.31. The highest BCUT2D eigenvalue weighted by Crippen LogP contribution is 2.41. The minimum Gasteiger partial charge on any atom is -0.366 e. The van der Waals surface area contributed by atoms with Crippen LogP contribution in [0, 0.1) is 11.2 Å². The van der Waals surface area contributed by atoms with Gasteiger partial charge in [0.25, 0.3) is 0 Å². The molecule has 0 bridgehead atoms. The maximum atomic E-state index is 13.7. The van der Waals surface area contributed by atoms with E-state index in [0.29, 0.717) is 34.8 Å². The van der Waals surface area contributed by atoms with E-state index >= 15 is 0 Å². The molecule has 2 aromatic heterocycles. The van der Waals surface area contributed by atoms with Crippen molar-refractivity contribution in [1.29, 1.82) is 0 Å². The largest absolute Gasteiger partial charge is 0.366 e. The molecule has 1 fully saturated rings. The smallest absolute Gasteiger partial charge is 0.189 e. The molecule has 4 rings (SSSR count). The number of aromatic nitrogens is 3. The monoisotopic (exact) mass is 480 g/mol. The first kappa shape index (κ1) is 23.2. The van der Waals surface area contributed by atoms with Gasteiger partial charge in [0.2, 0.25) is 0 Å².